The van der Waals surface area contributed by atoms with Gasteiger partial charge in [-0.05, 0) is 24.8 Å². The van der Waals surface area contributed by atoms with Crippen LogP contribution in [0.5, 0.6) is 0 Å². The molecule has 1 aromatic heterocycles. The van der Waals surface area contributed by atoms with Crippen molar-refractivity contribution in [2.75, 3.05) is 26.3 Å². The number of aliphatic carboxylic acids is 1. The van der Waals surface area contributed by atoms with E-state index in [1.165, 1.54) is 11.3 Å². The van der Waals surface area contributed by atoms with Crippen LogP contribution in [-0.2, 0) is 20.7 Å². The number of carboxylic acid groups (broad SMARTS) is 1. The monoisotopic (exact) mass is 299 g/mol. The molecular formula is C14H21NO4S. The molecule has 0 radical (unpaired) electrons. The zero-order valence-electron chi connectivity index (χ0n) is 11.7. The summed E-state index contributed by atoms with van der Waals surface area (Å²) in [7, 11) is 0. The van der Waals surface area contributed by atoms with Crippen molar-refractivity contribution in [3.8, 4) is 0 Å². The zero-order valence-corrected chi connectivity index (χ0v) is 12.5. The topological polar surface area (TPSA) is 66.8 Å². The Labute approximate surface area is 123 Å². The van der Waals surface area contributed by atoms with Crippen molar-refractivity contribution in [1.29, 1.82) is 0 Å². The summed E-state index contributed by atoms with van der Waals surface area (Å²) in [4.78, 5) is 25.5. The minimum Gasteiger partial charge on any atom is -0.481 e. The van der Waals surface area contributed by atoms with Crippen LogP contribution in [0, 0.1) is 0 Å². The largest absolute Gasteiger partial charge is 0.481 e. The minimum atomic E-state index is -0.885. The maximum Gasteiger partial charge on any atom is 0.305 e. The lowest BCUT2D eigenvalue weighted by molar-refractivity contribution is -0.138. The van der Waals surface area contributed by atoms with Gasteiger partial charge in [-0.2, -0.15) is 0 Å². The lowest BCUT2D eigenvalue weighted by atomic mass is 10.2. The number of hydrogen-bond acceptors (Lipinski definition) is 4. The van der Waals surface area contributed by atoms with Gasteiger partial charge in [-0.15, -0.1) is 11.3 Å². The van der Waals surface area contributed by atoms with Crippen LogP contribution in [-0.4, -0.2) is 48.2 Å². The highest BCUT2D eigenvalue weighted by Gasteiger charge is 2.15. The summed E-state index contributed by atoms with van der Waals surface area (Å²) in [5, 5.41) is 10.7. The SMILES string of the molecule is CCOCCCN(CCC(=O)O)C(=O)Cc1cccs1. The number of carbonyl (C=O) groups is 2. The average Bonchev–Trinajstić information content (AvgIpc) is 2.90. The van der Waals surface area contributed by atoms with Crippen molar-refractivity contribution in [2.45, 2.75) is 26.2 Å². The van der Waals surface area contributed by atoms with Crippen molar-refractivity contribution in [3.63, 3.8) is 0 Å². The number of ether oxygens (including phenoxy) is 1. The van der Waals surface area contributed by atoms with E-state index < -0.39 is 5.97 Å². The molecular weight excluding hydrogens is 278 g/mol. The zero-order chi connectivity index (χ0) is 14.8. The number of amides is 1. The van der Waals surface area contributed by atoms with Gasteiger partial charge in [0.15, 0.2) is 0 Å². The van der Waals surface area contributed by atoms with Crippen LogP contribution in [0.1, 0.15) is 24.6 Å². The Bertz CT molecular complexity index is 405. The van der Waals surface area contributed by atoms with Crippen molar-refractivity contribution < 1.29 is 19.4 Å². The van der Waals surface area contributed by atoms with E-state index in [4.69, 9.17) is 9.84 Å². The van der Waals surface area contributed by atoms with Gasteiger partial charge in [-0.3, -0.25) is 9.59 Å². The van der Waals surface area contributed by atoms with E-state index in [9.17, 15) is 9.59 Å². The summed E-state index contributed by atoms with van der Waals surface area (Å²) in [6, 6.07) is 3.82. The molecule has 0 aliphatic carbocycles. The Morgan fingerprint density at radius 3 is 2.80 bits per heavy atom. The number of nitrogens with zero attached hydrogens (tertiary/aromatic N) is 1. The maximum absolute atomic E-state index is 12.2. The Hall–Kier alpha value is -1.40. The number of hydrogen-bond donors (Lipinski definition) is 1. The maximum atomic E-state index is 12.2. The normalized spacial score (nSPS) is 10.4. The third-order valence-electron chi connectivity index (χ3n) is 2.77. The van der Waals surface area contributed by atoms with Gasteiger partial charge in [0.05, 0.1) is 12.8 Å². The molecule has 0 saturated carbocycles. The van der Waals surface area contributed by atoms with E-state index in [1.54, 1.807) is 4.90 Å². The van der Waals surface area contributed by atoms with Crippen molar-refractivity contribution in [2.24, 2.45) is 0 Å². The van der Waals surface area contributed by atoms with E-state index >= 15 is 0 Å². The lowest BCUT2D eigenvalue weighted by Crippen LogP contribution is -2.35. The van der Waals surface area contributed by atoms with Crippen molar-refractivity contribution in [1.82, 2.24) is 4.90 Å². The number of carboxylic acids is 1. The van der Waals surface area contributed by atoms with Crippen molar-refractivity contribution in [3.05, 3.63) is 22.4 Å². The quantitative estimate of drug-likeness (QED) is 0.671. The fourth-order valence-corrected chi connectivity index (χ4v) is 2.46. The highest BCUT2D eigenvalue weighted by molar-refractivity contribution is 7.10. The number of carbonyl (C=O) groups excluding carboxylic acids is 1. The van der Waals surface area contributed by atoms with Crippen LogP contribution >= 0.6 is 11.3 Å². The molecule has 0 spiro atoms. The Morgan fingerprint density at radius 2 is 2.20 bits per heavy atom. The molecule has 1 N–H and O–H groups in total. The first-order valence-electron chi connectivity index (χ1n) is 6.73. The summed E-state index contributed by atoms with van der Waals surface area (Å²) >= 11 is 1.54. The first-order chi connectivity index (χ1) is 9.63. The molecule has 1 heterocycles. The summed E-state index contributed by atoms with van der Waals surface area (Å²) in [5.41, 5.74) is 0. The Morgan fingerprint density at radius 1 is 1.40 bits per heavy atom. The molecule has 5 nitrogen and oxygen atoms in total. The molecule has 20 heavy (non-hydrogen) atoms. The van der Waals surface area contributed by atoms with E-state index in [1.807, 2.05) is 24.4 Å². The van der Waals surface area contributed by atoms with Gasteiger partial charge in [-0.25, -0.2) is 0 Å². The van der Waals surface area contributed by atoms with Crippen LogP contribution in [0.25, 0.3) is 0 Å². The van der Waals surface area contributed by atoms with Crippen LogP contribution < -0.4 is 0 Å². The molecule has 1 rings (SSSR count). The van der Waals surface area contributed by atoms with E-state index in [2.05, 4.69) is 0 Å². The van der Waals surface area contributed by atoms with Crippen LogP contribution in [0.2, 0.25) is 0 Å². The molecule has 0 unspecified atom stereocenters. The van der Waals surface area contributed by atoms with Crippen LogP contribution in [0.3, 0.4) is 0 Å². The van der Waals surface area contributed by atoms with Gasteiger partial charge in [0, 0.05) is 31.2 Å². The third-order valence-corrected chi connectivity index (χ3v) is 3.65. The van der Waals surface area contributed by atoms with Gasteiger partial charge in [0.1, 0.15) is 0 Å². The molecule has 0 aromatic carbocycles. The predicted molar refractivity (Wildman–Crippen MR) is 78.0 cm³/mol. The van der Waals surface area contributed by atoms with E-state index in [0.29, 0.717) is 26.2 Å². The second-order valence-electron chi connectivity index (χ2n) is 4.33. The lowest BCUT2D eigenvalue weighted by Gasteiger charge is -2.21. The first kappa shape index (κ1) is 16.7. The Balaban J connectivity index is 2.46. The third kappa shape index (κ3) is 6.68. The Kier molecular flexibility index (Phi) is 7.91. The molecule has 6 heteroatoms. The molecule has 0 aliphatic rings. The molecule has 0 fully saturated rings. The molecule has 0 saturated heterocycles. The highest BCUT2D eigenvalue weighted by atomic mass is 32.1. The summed E-state index contributed by atoms with van der Waals surface area (Å²) in [6.07, 6.45) is 1.04. The molecule has 1 amide bonds. The molecule has 0 atom stereocenters. The van der Waals surface area contributed by atoms with Crippen molar-refractivity contribution >= 4 is 23.2 Å². The first-order valence-corrected chi connectivity index (χ1v) is 7.61. The van der Waals surface area contributed by atoms with Gasteiger partial charge >= 0.3 is 5.97 Å². The van der Waals surface area contributed by atoms with Gasteiger partial charge in [0.2, 0.25) is 5.91 Å². The number of rotatable bonds is 10. The fraction of sp³-hybridized carbons (Fsp3) is 0.571. The van der Waals surface area contributed by atoms with Crippen LogP contribution in [0.4, 0.5) is 0 Å². The minimum absolute atomic E-state index is 0.0230. The van der Waals surface area contributed by atoms with Gasteiger partial charge in [-0.1, -0.05) is 6.07 Å². The number of thiophene rings is 1. The summed E-state index contributed by atoms with van der Waals surface area (Å²) in [6.45, 7) is 3.96. The standard InChI is InChI=1S/C14H21NO4S/c1-2-19-9-4-7-15(8-6-14(17)18)13(16)11-12-5-3-10-20-12/h3,5,10H,2,4,6-9,11H2,1H3,(H,17,18). The van der Waals surface area contributed by atoms with Gasteiger partial charge < -0.3 is 14.7 Å². The molecule has 1 aromatic rings. The molecule has 0 bridgehead atoms. The molecule has 0 aliphatic heterocycles. The average molecular weight is 299 g/mol. The second-order valence-corrected chi connectivity index (χ2v) is 5.36. The predicted octanol–water partition coefficient (Wildman–Crippen LogP) is 2.02. The van der Waals surface area contributed by atoms with E-state index in [-0.39, 0.29) is 18.9 Å². The smallest absolute Gasteiger partial charge is 0.305 e. The summed E-state index contributed by atoms with van der Waals surface area (Å²) < 4.78 is 5.24. The van der Waals surface area contributed by atoms with Crippen LogP contribution in [0.15, 0.2) is 17.5 Å². The highest BCUT2D eigenvalue weighted by Crippen LogP contribution is 2.11. The summed E-state index contributed by atoms with van der Waals surface area (Å²) in [5.74, 6) is -0.908. The molecule has 112 valence electrons. The fourth-order valence-electron chi connectivity index (χ4n) is 1.77. The second kappa shape index (κ2) is 9.50. The van der Waals surface area contributed by atoms with Gasteiger partial charge in [0.25, 0.3) is 0 Å². The van der Waals surface area contributed by atoms with E-state index in [0.717, 1.165) is 11.3 Å².